The summed E-state index contributed by atoms with van der Waals surface area (Å²) < 4.78 is 5.32. The van der Waals surface area contributed by atoms with Crippen LogP contribution in [0.2, 0.25) is 0 Å². The first-order chi connectivity index (χ1) is 10.9. The number of rotatable bonds is 3. The highest BCUT2D eigenvalue weighted by Gasteiger charge is 2.11. The summed E-state index contributed by atoms with van der Waals surface area (Å²) in [6.45, 7) is 0. The van der Waals surface area contributed by atoms with E-state index in [1.807, 2.05) is 24.4 Å². The highest BCUT2D eigenvalue weighted by Crippen LogP contribution is 2.20. The lowest BCUT2D eigenvalue weighted by molar-refractivity contribution is 0.386. The monoisotopic (exact) mass is 289 g/mol. The predicted molar refractivity (Wildman–Crippen MR) is 79.9 cm³/mol. The van der Waals surface area contributed by atoms with Gasteiger partial charge in [0, 0.05) is 30.2 Å². The second-order valence-electron chi connectivity index (χ2n) is 4.79. The Kier molecular flexibility index (Phi) is 3.05. The van der Waals surface area contributed by atoms with Gasteiger partial charge >= 0.3 is 0 Å². The fourth-order valence-corrected chi connectivity index (χ4v) is 2.34. The normalized spacial score (nSPS) is 10.9. The lowest BCUT2D eigenvalue weighted by Crippen LogP contribution is -1.91. The molecule has 0 aliphatic carbocycles. The standard InChI is InChI=1S/C16H11N5O/c1-2-11-4-5-17-9-13(11)12(3-1)8-15-20-16(21-22-15)14-10-18-6-7-19-14/h1-7,9-10H,8H2. The van der Waals surface area contributed by atoms with E-state index in [0.29, 0.717) is 23.8 Å². The molecular weight excluding hydrogens is 278 g/mol. The average Bonchev–Trinajstić information content (AvgIpc) is 3.05. The first-order valence-corrected chi connectivity index (χ1v) is 6.81. The Hall–Kier alpha value is -3.15. The number of nitrogens with zero attached hydrogens (tertiary/aromatic N) is 5. The zero-order chi connectivity index (χ0) is 14.8. The Morgan fingerprint density at radius 3 is 2.82 bits per heavy atom. The van der Waals surface area contributed by atoms with E-state index < -0.39 is 0 Å². The summed E-state index contributed by atoms with van der Waals surface area (Å²) >= 11 is 0. The number of benzene rings is 1. The van der Waals surface area contributed by atoms with Gasteiger partial charge in [0.05, 0.1) is 12.6 Å². The molecule has 6 heteroatoms. The van der Waals surface area contributed by atoms with Gasteiger partial charge in [-0.25, -0.2) is 4.98 Å². The van der Waals surface area contributed by atoms with Crippen molar-refractivity contribution in [2.24, 2.45) is 0 Å². The largest absolute Gasteiger partial charge is 0.339 e. The van der Waals surface area contributed by atoms with Crippen LogP contribution in [0, 0.1) is 0 Å². The molecule has 0 amide bonds. The van der Waals surface area contributed by atoms with E-state index in [1.165, 1.54) is 0 Å². The van der Waals surface area contributed by atoms with Crippen molar-refractivity contribution in [3.63, 3.8) is 0 Å². The molecule has 22 heavy (non-hydrogen) atoms. The molecule has 0 aliphatic rings. The molecule has 0 N–H and O–H groups in total. The molecule has 4 aromatic rings. The summed E-state index contributed by atoms with van der Waals surface area (Å²) in [6.07, 6.45) is 9.00. The molecule has 1 aromatic carbocycles. The van der Waals surface area contributed by atoms with Gasteiger partial charge in [-0.2, -0.15) is 4.98 Å². The molecule has 0 radical (unpaired) electrons. The molecule has 0 bridgehead atoms. The maximum absolute atomic E-state index is 5.32. The molecule has 0 aliphatic heterocycles. The Morgan fingerprint density at radius 2 is 1.91 bits per heavy atom. The second kappa shape index (κ2) is 5.33. The van der Waals surface area contributed by atoms with Crippen molar-refractivity contribution in [3.8, 4) is 11.5 Å². The van der Waals surface area contributed by atoms with E-state index in [2.05, 4.69) is 31.2 Å². The Morgan fingerprint density at radius 1 is 0.955 bits per heavy atom. The maximum Gasteiger partial charge on any atom is 0.231 e. The van der Waals surface area contributed by atoms with E-state index in [-0.39, 0.29) is 0 Å². The summed E-state index contributed by atoms with van der Waals surface area (Å²) in [5, 5.41) is 6.19. The Bertz CT molecular complexity index is 915. The van der Waals surface area contributed by atoms with Crippen LogP contribution in [-0.2, 0) is 6.42 Å². The zero-order valence-electron chi connectivity index (χ0n) is 11.5. The average molecular weight is 289 g/mol. The first kappa shape index (κ1) is 12.6. The molecule has 0 unspecified atom stereocenters. The number of aromatic nitrogens is 5. The van der Waals surface area contributed by atoms with Crippen LogP contribution in [0.4, 0.5) is 0 Å². The molecule has 6 nitrogen and oxygen atoms in total. The van der Waals surface area contributed by atoms with Gasteiger partial charge in [-0.05, 0) is 17.0 Å². The lowest BCUT2D eigenvalue weighted by atomic mass is 10.0. The van der Waals surface area contributed by atoms with Gasteiger partial charge in [0.2, 0.25) is 11.7 Å². The third kappa shape index (κ3) is 2.31. The van der Waals surface area contributed by atoms with Gasteiger partial charge < -0.3 is 4.52 Å². The van der Waals surface area contributed by atoms with Crippen molar-refractivity contribution in [1.82, 2.24) is 25.1 Å². The quantitative estimate of drug-likeness (QED) is 0.577. The van der Waals surface area contributed by atoms with E-state index in [0.717, 1.165) is 16.3 Å². The SMILES string of the molecule is c1cc(Cc2nc(-c3cnccn3)no2)c2cnccc2c1. The fraction of sp³-hybridized carbons (Fsp3) is 0.0625. The van der Waals surface area contributed by atoms with Crippen molar-refractivity contribution < 1.29 is 4.52 Å². The molecular formula is C16H11N5O. The minimum Gasteiger partial charge on any atom is -0.339 e. The molecule has 0 fully saturated rings. The van der Waals surface area contributed by atoms with Crippen molar-refractivity contribution in [2.45, 2.75) is 6.42 Å². The van der Waals surface area contributed by atoms with Crippen molar-refractivity contribution >= 4 is 10.8 Å². The molecule has 0 saturated carbocycles. The molecule has 0 spiro atoms. The van der Waals surface area contributed by atoms with Gasteiger partial charge in [0.15, 0.2) is 0 Å². The van der Waals surface area contributed by atoms with Gasteiger partial charge in [-0.15, -0.1) is 0 Å². The van der Waals surface area contributed by atoms with Crippen LogP contribution < -0.4 is 0 Å². The highest BCUT2D eigenvalue weighted by atomic mass is 16.5. The maximum atomic E-state index is 5.32. The molecule has 3 aromatic heterocycles. The Balaban J connectivity index is 1.68. The smallest absolute Gasteiger partial charge is 0.231 e. The zero-order valence-corrected chi connectivity index (χ0v) is 11.5. The van der Waals surface area contributed by atoms with Crippen LogP contribution in [0.3, 0.4) is 0 Å². The third-order valence-electron chi connectivity index (χ3n) is 3.38. The number of hydrogen-bond acceptors (Lipinski definition) is 6. The minimum absolute atomic E-state index is 0.446. The van der Waals surface area contributed by atoms with Crippen LogP contribution in [0.5, 0.6) is 0 Å². The van der Waals surface area contributed by atoms with E-state index in [1.54, 1.807) is 24.8 Å². The summed E-state index contributed by atoms with van der Waals surface area (Å²) in [5.41, 5.74) is 1.69. The van der Waals surface area contributed by atoms with Crippen LogP contribution >= 0.6 is 0 Å². The number of pyridine rings is 1. The van der Waals surface area contributed by atoms with Crippen molar-refractivity contribution in [3.05, 3.63) is 66.7 Å². The van der Waals surface area contributed by atoms with E-state index in [9.17, 15) is 0 Å². The second-order valence-corrected chi connectivity index (χ2v) is 4.79. The fourth-order valence-electron chi connectivity index (χ4n) is 2.34. The topological polar surface area (TPSA) is 77.6 Å². The first-order valence-electron chi connectivity index (χ1n) is 6.81. The lowest BCUT2D eigenvalue weighted by Gasteiger charge is -2.02. The van der Waals surface area contributed by atoms with Crippen LogP contribution in [0.1, 0.15) is 11.5 Å². The van der Waals surface area contributed by atoms with Crippen LogP contribution in [-0.4, -0.2) is 25.1 Å². The summed E-state index contributed by atoms with van der Waals surface area (Å²) in [6, 6.07) is 8.09. The number of hydrogen-bond donors (Lipinski definition) is 0. The van der Waals surface area contributed by atoms with Gasteiger partial charge in [0.1, 0.15) is 5.69 Å². The van der Waals surface area contributed by atoms with Crippen LogP contribution in [0.25, 0.3) is 22.3 Å². The third-order valence-corrected chi connectivity index (χ3v) is 3.38. The highest BCUT2D eigenvalue weighted by molar-refractivity contribution is 5.84. The van der Waals surface area contributed by atoms with E-state index >= 15 is 0 Å². The predicted octanol–water partition coefficient (Wildman–Crippen LogP) is 2.67. The molecule has 4 rings (SSSR count). The molecule has 0 saturated heterocycles. The summed E-state index contributed by atoms with van der Waals surface area (Å²) in [7, 11) is 0. The summed E-state index contributed by atoms with van der Waals surface area (Å²) in [4.78, 5) is 16.7. The van der Waals surface area contributed by atoms with Gasteiger partial charge in [-0.3, -0.25) is 9.97 Å². The molecule has 0 atom stereocenters. The molecule has 106 valence electrons. The van der Waals surface area contributed by atoms with Gasteiger partial charge in [-0.1, -0.05) is 23.4 Å². The number of fused-ring (bicyclic) bond motifs is 1. The van der Waals surface area contributed by atoms with Crippen LogP contribution in [0.15, 0.2) is 59.8 Å². The van der Waals surface area contributed by atoms with Crippen molar-refractivity contribution in [2.75, 3.05) is 0 Å². The summed E-state index contributed by atoms with van der Waals surface area (Å²) in [5.74, 6) is 0.985. The van der Waals surface area contributed by atoms with Crippen molar-refractivity contribution in [1.29, 1.82) is 0 Å². The van der Waals surface area contributed by atoms with Gasteiger partial charge in [0.25, 0.3) is 0 Å². The van der Waals surface area contributed by atoms with E-state index in [4.69, 9.17) is 4.52 Å². The molecule has 3 heterocycles. The Labute approximate surface area is 125 Å². The minimum atomic E-state index is 0.446.